The molecule has 0 aromatic carbocycles. The molecule has 2 rings (SSSR count). The third kappa shape index (κ3) is 4.12. The topological polar surface area (TPSA) is 32.3 Å². The first kappa shape index (κ1) is 15.8. The van der Waals surface area contributed by atoms with Gasteiger partial charge in [-0.15, -0.1) is 23.7 Å². The monoisotopic (exact) mass is 308 g/mol. The summed E-state index contributed by atoms with van der Waals surface area (Å²) in [7, 11) is 0. The van der Waals surface area contributed by atoms with E-state index in [-0.39, 0.29) is 18.3 Å². The average Bonchev–Trinajstić information content (AvgIpc) is 2.73. The summed E-state index contributed by atoms with van der Waals surface area (Å²) < 4.78 is 0. The van der Waals surface area contributed by atoms with Crippen molar-refractivity contribution in [1.82, 2.24) is 10.2 Å². The molecule has 1 amide bonds. The summed E-state index contributed by atoms with van der Waals surface area (Å²) in [6.45, 7) is 4.72. The Kier molecular flexibility index (Phi) is 6.43. The van der Waals surface area contributed by atoms with Crippen molar-refractivity contribution >= 4 is 41.3 Å². The Morgan fingerprint density at radius 3 is 3.06 bits per heavy atom. The summed E-state index contributed by atoms with van der Waals surface area (Å²) in [5.74, 6) is 0.253. The molecule has 1 N–H and O–H groups in total. The number of aryl methyl sites for hydroxylation is 1. The van der Waals surface area contributed by atoms with Crippen LogP contribution in [0.4, 0.5) is 0 Å². The van der Waals surface area contributed by atoms with Gasteiger partial charge in [0.05, 0.1) is 5.02 Å². The number of amides is 1. The summed E-state index contributed by atoms with van der Waals surface area (Å²) in [4.78, 5) is 15.2. The zero-order valence-corrected chi connectivity index (χ0v) is 12.7. The van der Waals surface area contributed by atoms with Crippen LogP contribution in [-0.4, -0.2) is 36.5 Å². The fourth-order valence-corrected chi connectivity index (χ4v) is 3.15. The fourth-order valence-electron chi connectivity index (χ4n) is 2.07. The molecule has 0 spiro atoms. The highest BCUT2D eigenvalue weighted by atomic mass is 35.5. The molecule has 1 aliphatic heterocycles. The van der Waals surface area contributed by atoms with Gasteiger partial charge >= 0.3 is 0 Å². The largest absolute Gasteiger partial charge is 0.337 e. The predicted molar refractivity (Wildman–Crippen MR) is 78.9 cm³/mol. The molecule has 3 nitrogen and oxygen atoms in total. The minimum absolute atomic E-state index is 0. The molecule has 18 heavy (non-hydrogen) atoms. The maximum absolute atomic E-state index is 12.1. The second-order valence-electron chi connectivity index (χ2n) is 4.37. The molecule has 102 valence electrons. The number of thiophene rings is 1. The number of carbonyl (C=O) groups is 1. The lowest BCUT2D eigenvalue weighted by Crippen LogP contribution is -2.52. The van der Waals surface area contributed by atoms with E-state index in [4.69, 9.17) is 11.6 Å². The molecule has 1 aliphatic rings. The van der Waals surface area contributed by atoms with Gasteiger partial charge in [0.2, 0.25) is 5.91 Å². The number of halogens is 2. The molecule has 0 saturated carbocycles. The van der Waals surface area contributed by atoms with Gasteiger partial charge in [0.15, 0.2) is 0 Å². The average molecular weight is 309 g/mol. The molecular weight excluding hydrogens is 291 g/mol. The number of nitrogens with zero attached hydrogens (tertiary/aromatic N) is 1. The summed E-state index contributed by atoms with van der Waals surface area (Å²) >= 11 is 7.48. The van der Waals surface area contributed by atoms with E-state index in [1.54, 1.807) is 11.3 Å². The van der Waals surface area contributed by atoms with E-state index in [0.717, 1.165) is 31.1 Å². The highest BCUT2D eigenvalue weighted by Crippen LogP contribution is 2.20. The molecule has 0 unspecified atom stereocenters. The van der Waals surface area contributed by atoms with Crippen LogP contribution in [0.2, 0.25) is 5.02 Å². The number of hydrogen-bond acceptors (Lipinski definition) is 3. The molecule has 2 heterocycles. The molecule has 1 atom stereocenters. The minimum Gasteiger partial charge on any atom is -0.337 e. The Morgan fingerprint density at radius 1 is 1.67 bits per heavy atom. The van der Waals surface area contributed by atoms with Gasteiger partial charge < -0.3 is 10.2 Å². The Morgan fingerprint density at radius 2 is 2.44 bits per heavy atom. The van der Waals surface area contributed by atoms with Gasteiger partial charge in [-0.2, -0.15) is 0 Å². The molecule has 0 bridgehead atoms. The van der Waals surface area contributed by atoms with Crippen molar-refractivity contribution in [3.63, 3.8) is 0 Å². The van der Waals surface area contributed by atoms with E-state index in [1.165, 1.54) is 4.88 Å². The van der Waals surface area contributed by atoms with Gasteiger partial charge in [0.25, 0.3) is 0 Å². The van der Waals surface area contributed by atoms with Crippen molar-refractivity contribution in [3.8, 4) is 0 Å². The van der Waals surface area contributed by atoms with Crippen LogP contribution in [0.25, 0.3) is 0 Å². The number of hydrogen-bond donors (Lipinski definition) is 1. The van der Waals surface area contributed by atoms with E-state index in [1.807, 2.05) is 16.3 Å². The number of carbonyl (C=O) groups excluding carboxylic acids is 1. The summed E-state index contributed by atoms with van der Waals surface area (Å²) in [5.41, 5.74) is 0. The van der Waals surface area contributed by atoms with Crippen molar-refractivity contribution in [1.29, 1.82) is 0 Å². The first-order valence-corrected chi connectivity index (χ1v) is 7.15. The fraction of sp³-hybridized carbons (Fsp3) is 0.583. The van der Waals surface area contributed by atoms with E-state index >= 15 is 0 Å². The molecule has 1 aromatic rings. The van der Waals surface area contributed by atoms with Gasteiger partial charge in [-0.25, -0.2) is 0 Å². The van der Waals surface area contributed by atoms with Gasteiger partial charge in [-0.3, -0.25) is 4.79 Å². The first-order chi connectivity index (χ1) is 8.16. The molecule has 0 radical (unpaired) electrons. The highest BCUT2D eigenvalue weighted by molar-refractivity contribution is 7.10. The predicted octanol–water partition coefficient (Wildman–Crippen LogP) is 2.58. The summed E-state index contributed by atoms with van der Waals surface area (Å²) in [6, 6.07) is 2.25. The van der Waals surface area contributed by atoms with E-state index in [0.29, 0.717) is 12.5 Å². The van der Waals surface area contributed by atoms with Crippen LogP contribution in [0.15, 0.2) is 11.4 Å². The van der Waals surface area contributed by atoms with E-state index in [9.17, 15) is 4.79 Å². The Hall–Kier alpha value is -0.290. The lowest BCUT2D eigenvalue weighted by molar-refractivity contribution is -0.133. The zero-order valence-electron chi connectivity index (χ0n) is 10.3. The highest BCUT2D eigenvalue weighted by Gasteiger charge is 2.22. The second kappa shape index (κ2) is 7.34. The maximum atomic E-state index is 12.1. The summed E-state index contributed by atoms with van der Waals surface area (Å²) in [6.07, 6.45) is 1.38. The van der Waals surface area contributed by atoms with Crippen LogP contribution in [0, 0.1) is 0 Å². The lowest BCUT2D eigenvalue weighted by Gasteiger charge is -2.34. The van der Waals surface area contributed by atoms with Crippen LogP contribution < -0.4 is 5.32 Å². The number of rotatable bonds is 3. The van der Waals surface area contributed by atoms with Crippen molar-refractivity contribution in [2.45, 2.75) is 25.8 Å². The summed E-state index contributed by atoms with van der Waals surface area (Å²) in [5, 5.41) is 5.97. The lowest BCUT2D eigenvalue weighted by atomic mass is 10.1. The SMILES string of the molecule is C[C@H]1CNCCN1C(=O)CCc1cc(Cl)cs1.Cl. The number of piperazine rings is 1. The van der Waals surface area contributed by atoms with Gasteiger partial charge in [-0.1, -0.05) is 11.6 Å². The van der Waals surface area contributed by atoms with Gasteiger partial charge in [0.1, 0.15) is 0 Å². The van der Waals surface area contributed by atoms with Crippen molar-refractivity contribution in [2.24, 2.45) is 0 Å². The molecule has 1 saturated heterocycles. The third-order valence-electron chi connectivity index (χ3n) is 3.03. The van der Waals surface area contributed by atoms with Gasteiger partial charge in [-0.05, 0) is 19.4 Å². The normalized spacial score (nSPS) is 19.4. The standard InChI is InChI=1S/C12H17ClN2OS.ClH/c1-9-7-14-4-5-15(9)12(16)3-2-11-6-10(13)8-17-11;/h6,8-9,14H,2-5,7H2,1H3;1H/t9-;/m0./s1. The van der Waals surface area contributed by atoms with Crippen molar-refractivity contribution in [2.75, 3.05) is 19.6 Å². The zero-order chi connectivity index (χ0) is 12.3. The van der Waals surface area contributed by atoms with Crippen LogP contribution in [0.1, 0.15) is 18.2 Å². The number of nitrogens with one attached hydrogen (secondary N) is 1. The Labute approximate surface area is 123 Å². The molecule has 1 aromatic heterocycles. The second-order valence-corrected chi connectivity index (χ2v) is 5.80. The third-order valence-corrected chi connectivity index (χ3v) is 4.37. The smallest absolute Gasteiger partial charge is 0.223 e. The first-order valence-electron chi connectivity index (χ1n) is 5.90. The van der Waals surface area contributed by atoms with E-state index in [2.05, 4.69) is 12.2 Å². The van der Waals surface area contributed by atoms with Crippen molar-refractivity contribution in [3.05, 3.63) is 21.3 Å². The van der Waals surface area contributed by atoms with Crippen LogP contribution in [0.5, 0.6) is 0 Å². The van der Waals surface area contributed by atoms with Gasteiger partial charge in [0, 0.05) is 42.4 Å². The minimum atomic E-state index is 0. The maximum Gasteiger partial charge on any atom is 0.223 e. The van der Waals surface area contributed by atoms with E-state index < -0.39 is 0 Å². The Balaban J connectivity index is 0.00000162. The van der Waals surface area contributed by atoms with Crippen LogP contribution >= 0.6 is 35.3 Å². The van der Waals surface area contributed by atoms with Crippen LogP contribution in [0.3, 0.4) is 0 Å². The molecular formula is C12H18Cl2N2OS. The Bertz CT molecular complexity index is 397. The van der Waals surface area contributed by atoms with Crippen molar-refractivity contribution < 1.29 is 4.79 Å². The molecule has 0 aliphatic carbocycles. The molecule has 1 fully saturated rings. The molecule has 6 heteroatoms. The van der Waals surface area contributed by atoms with Crippen LogP contribution in [-0.2, 0) is 11.2 Å². The quantitative estimate of drug-likeness (QED) is 0.931.